The lowest BCUT2D eigenvalue weighted by molar-refractivity contribution is -0.140. The number of hydrogen-bond acceptors (Lipinski definition) is 4. The van der Waals surface area contributed by atoms with E-state index < -0.39 is 0 Å². The molecule has 6 heteroatoms. The van der Waals surface area contributed by atoms with E-state index in [-0.39, 0.29) is 11.8 Å². The molecule has 4 N–H and O–H groups in total. The van der Waals surface area contributed by atoms with Crippen LogP contribution in [0.2, 0.25) is 0 Å². The van der Waals surface area contributed by atoms with Crippen molar-refractivity contribution in [2.45, 2.75) is 13.8 Å². The van der Waals surface area contributed by atoms with Crippen molar-refractivity contribution in [1.82, 2.24) is 10.2 Å². The van der Waals surface area contributed by atoms with Crippen LogP contribution in [0.1, 0.15) is 19.5 Å². The van der Waals surface area contributed by atoms with Gasteiger partial charge < -0.3 is 10.5 Å². The van der Waals surface area contributed by atoms with Crippen LogP contribution in [0, 0.1) is 5.41 Å². The zero-order chi connectivity index (χ0) is 11.0. The number of carbonyl (C=O) groups excluding carboxylic acids is 1. The van der Waals surface area contributed by atoms with Crippen molar-refractivity contribution in [3.63, 3.8) is 0 Å². The van der Waals surface area contributed by atoms with Crippen LogP contribution < -0.4 is 5.73 Å². The summed E-state index contributed by atoms with van der Waals surface area (Å²) in [6.07, 6.45) is 1.55. The van der Waals surface area contributed by atoms with Gasteiger partial charge >= 0.3 is 5.97 Å². The summed E-state index contributed by atoms with van der Waals surface area (Å²) in [6.45, 7) is 3.65. The number of nitrogens with two attached hydrogens (primary N) is 1. The fraction of sp³-hybridized carbons (Fsp3) is 0.375. The first-order valence-electron chi connectivity index (χ1n) is 4.05. The number of rotatable bonds is 2. The second-order valence-electron chi connectivity index (χ2n) is 2.31. The number of nitrogens with one attached hydrogen (secondary N) is 2. The van der Waals surface area contributed by atoms with Gasteiger partial charge in [-0.05, 0) is 13.0 Å². The van der Waals surface area contributed by atoms with E-state index in [0.717, 1.165) is 0 Å². The van der Waals surface area contributed by atoms with Crippen molar-refractivity contribution in [3.8, 4) is 0 Å². The molecular formula is C8H14N4O2. The van der Waals surface area contributed by atoms with Gasteiger partial charge in [-0.25, -0.2) is 0 Å². The van der Waals surface area contributed by atoms with Crippen LogP contribution in [-0.4, -0.2) is 28.6 Å². The number of nitrogens with zero attached hydrogens (tertiary/aromatic N) is 1. The van der Waals surface area contributed by atoms with E-state index in [1.54, 1.807) is 19.2 Å². The predicted molar refractivity (Wildman–Crippen MR) is 51.9 cm³/mol. The van der Waals surface area contributed by atoms with Gasteiger partial charge in [-0.2, -0.15) is 5.10 Å². The van der Waals surface area contributed by atoms with Gasteiger partial charge in [-0.3, -0.25) is 15.3 Å². The minimum absolute atomic E-state index is 0.0162. The van der Waals surface area contributed by atoms with E-state index in [4.69, 9.17) is 11.1 Å². The monoisotopic (exact) mass is 198 g/mol. The molecule has 6 nitrogen and oxygen atoms in total. The molecule has 0 aliphatic carbocycles. The van der Waals surface area contributed by atoms with Gasteiger partial charge in [-0.15, -0.1) is 0 Å². The highest BCUT2D eigenvalue weighted by atomic mass is 16.5. The molecular weight excluding hydrogens is 184 g/mol. The number of carbonyl (C=O) groups is 1. The van der Waals surface area contributed by atoms with Crippen molar-refractivity contribution in [2.75, 3.05) is 6.61 Å². The molecule has 0 fully saturated rings. The number of nitrogen functional groups attached to an aromatic ring is 1. The second-order valence-corrected chi connectivity index (χ2v) is 2.31. The van der Waals surface area contributed by atoms with Crippen LogP contribution in [0.4, 0.5) is 0 Å². The van der Waals surface area contributed by atoms with E-state index in [2.05, 4.69) is 14.9 Å². The average molecular weight is 198 g/mol. The summed E-state index contributed by atoms with van der Waals surface area (Å²) < 4.78 is 4.40. The Labute approximate surface area is 82.0 Å². The van der Waals surface area contributed by atoms with Crippen LogP contribution in [0.25, 0.3) is 0 Å². The van der Waals surface area contributed by atoms with Gasteiger partial charge in [0.15, 0.2) is 0 Å². The fourth-order valence-corrected chi connectivity index (χ4v) is 0.609. The summed E-state index contributed by atoms with van der Waals surface area (Å²) in [7, 11) is 0. The second kappa shape index (κ2) is 6.64. The summed E-state index contributed by atoms with van der Waals surface area (Å²) in [5.41, 5.74) is 5.63. The number of amidine groups is 1. The minimum atomic E-state index is -0.211. The molecule has 0 aromatic carbocycles. The largest absolute Gasteiger partial charge is 0.466 e. The average Bonchev–Trinajstić information content (AvgIpc) is 2.56. The van der Waals surface area contributed by atoms with E-state index in [1.807, 2.05) is 0 Å². The quantitative estimate of drug-likeness (QED) is 0.360. The molecule has 0 aliphatic heterocycles. The Morgan fingerprint density at radius 2 is 2.43 bits per heavy atom. The molecule has 0 amide bonds. The lowest BCUT2D eigenvalue weighted by Gasteiger charge is -1.89. The van der Waals surface area contributed by atoms with Crippen LogP contribution in [0.5, 0.6) is 0 Å². The third-order valence-corrected chi connectivity index (χ3v) is 1.14. The molecule has 0 spiro atoms. The maximum absolute atomic E-state index is 9.82. The van der Waals surface area contributed by atoms with E-state index >= 15 is 0 Å². The third-order valence-electron chi connectivity index (χ3n) is 1.14. The minimum Gasteiger partial charge on any atom is -0.466 e. The molecule has 0 saturated heterocycles. The first kappa shape index (κ1) is 12.2. The first-order chi connectivity index (χ1) is 6.57. The fourth-order valence-electron chi connectivity index (χ4n) is 0.609. The molecule has 0 bridgehead atoms. The highest BCUT2D eigenvalue weighted by Gasteiger charge is 1.92. The highest BCUT2D eigenvalue weighted by molar-refractivity contribution is 5.92. The Balaban J connectivity index is 0.000000255. The molecule has 1 heterocycles. The summed E-state index contributed by atoms with van der Waals surface area (Å²) in [6, 6.07) is 1.64. The molecule has 0 radical (unpaired) electrons. The number of ether oxygens (including phenoxy) is 1. The van der Waals surface area contributed by atoms with Crippen LogP contribution >= 0.6 is 0 Å². The smallest absolute Gasteiger partial charge is 0.302 e. The maximum Gasteiger partial charge on any atom is 0.302 e. The van der Waals surface area contributed by atoms with E-state index in [9.17, 15) is 4.79 Å². The molecule has 1 aromatic heterocycles. The lowest BCUT2D eigenvalue weighted by Crippen LogP contribution is -2.11. The molecule has 1 aromatic rings. The molecule has 0 aliphatic rings. The summed E-state index contributed by atoms with van der Waals surface area (Å²) in [5, 5.41) is 13.0. The first-order valence-corrected chi connectivity index (χ1v) is 4.05. The van der Waals surface area contributed by atoms with Crippen molar-refractivity contribution in [1.29, 1.82) is 5.41 Å². The van der Waals surface area contributed by atoms with Gasteiger partial charge in [0.1, 0.15) is 5.84 Å². The third kappa shape index (κ3) is 5.76. The van der Waals surface area contributed by atoms with E-state index in [1.165, 1.54) is 6.92 Å². The van der Waals surface area contributed by atoms with Gasteiger partial charge in [0.05, 0.1) is 12.3 Å². The standard InChI is InChI=1S/C4H6N4.C4H8O2/c5-4(6)3-1-2-7-8-3;1-3-6-4(2)5/h1-2H,(H3,5,6)(H,7,8);3H2,1-2H3. The maximum atomic E-state index is 9.82. The van der Waals surface area contributed by atoms with Crippen LogP contribution in [-0.2, 0) is 9.53 Å². The molecule has 78 valence electrons. The zero-order valence-electron chi connectivity index (χ0n) is 8.20. The number of esters is 1. The van der Waals surface area contributed by atoms with Crippen molar-refractivity contribution in [3.05, 3.63) is 18.0 Å². The van der Waals surface area contributed by atoms with Crippen molar-refractivity contribution in [2.24, 2.45) is 5.73 Å². The van der Waals surface area contributed by atoms with E-state index in [0.29, 0.717) is 12.3 Å². The molecule has 0 atom stereocenters. The van der Waals surface area contributed by atoms with Gasteiger partial charge in [0.2, 0.25) is 0 Å². The summed E-state index contributed by atoms with van der Waals surface area (Å²) in [5.74, 6) is -0.194. The number of hydrogen-bond donors (Lipinski definition) is 3. The van der Waals surface area contributed by atoms with Crippen LogP contribution in [0.3, 0.4) is 0 Å². The number of H-pyrrole nitrogens is 1. The van der Waals surface area contributed by atoms with Crippen molar-refractivity contribution < 1.29 is 9.53 Å². The lowest BCUT2D eigenvalue weighted by atomic mass is 10.4. The number of aromatic nitrogens is 2. The summed E-state index contributed by atoms with van der Waals surface area (Å²) >= 11 is 0. The zero-order valence-corrected chi connectivity index (χ0v) is 8.20. The number of aromatic amines is 1. The normalized spacial score (nSPS) is 8.43. The van der Waals surface area contributed by atoms with Crippen molar-refractivity contribution >= 4 is 11.8 Å². The Morgan fingerprint density at radius 3 is 2.57 bits per heavy atom. The van der Waals surface area contributed by atoms with Gasteiger partial charge in [-0.1, -0.05) is 0 Å². The topological polar surface area (TPSA) is 105 Å². The van der Waals surface area contributed by atoms with Gasteiger partial charge in [0.25, 0.3) is 0 Å². The summed E-state index contributed by atoms with van der Waals surface area (Å²) in [4.78, 5) is 9.82. The van der Waals surface area contributed by atoms with Gasteiger partial charge in [0, 0.05) is 13.1 Å². The SMILES string of the molecule is CCOC(C)=O.N=C(N)c1ccn[nH]1. The Bertz CT molecular complexity index is 282. The molecule has 0 saturated carbocycles. The predicted octanol–water partition coefficient (Wildman–Crippen LogP) is 0.263. The Hall–Kier alpha value is -1.85. The van der Waals surface area contributed by atoms with Crippen LogP contribution in [0.15, 0.2) is 12.3 Å². The highest BCUT2D eigenvalue weighted by Crippen LogP contribution is 1.85. The molecule has 0 unspecified atom stereocenters. The molecule has 14 heavy (non-hydrogen) atoms. The Morgan fingerprint density at radius 1 is 1.79 bits per heavy atom. The molecule has 1 rings (SSSR count). The Kier molecular flexibility index (Phi) is 5.77.